The molecule has 1 N–H and O–H groups in total. The van der Waals surface area contributed by atoms with Crippen molar-refractivity contribution in [1.82, 2.24) is 9.97 Å². The summed E-state index contributed by atoms with van der Waals surface area (Å²) in [5.41, 5.74) is 1.35. The van der Waals surface area contributed by atoms with Crippen LogP contribution < -0.4 is 15.0 Å². The highest BCUT2D eigenvalue weighted by Gasteiger charge is 2.18. The van der Waals surface area contributed by atoms with Crippen LogP contribution in [0.25, 0.3) is 0 Å². The summed E-state index contributed by atoms with van der Waals surface area (Å²) in [5.74, 6) is 0.883. The predicted octanol–water partition coefficient (Wildman–Crippen LogP) is 3.81. The number of aromatic nitrogens is 2. The van der Waals surface area contributed by atoms with Crippen molar-refractivity contribution in [3.63, 3.8) is 0 Å². The number of morpholine rings is 1. The predicted molar refractivity (Wildman–Crippen MR) is 111 cm³/mol. The van der Waals surface area contributed by atoms with E-state index < -0.39 is 0 Å². The zero-order chi connectivity index (χ0) is 20.9. The first-order valence-corrected chi connectivity index (χ1v) is 9.59. The molecule has 2 aromatic carbocycles. The van der Waals surface area contributed by atoms with Crippen molar-refractivity contribution < 1.29 is 18.7 Å². The van der Waals surface area contributed by atoms with Gasteiger partial charge in [0.1, 0.15) is 11.6 Å². The molecular weight excluding hydrogens is 387 g/mol. The standard InChI is InChI=1S/C22H21FN4O3/c1-15-2-5-17(14-19(15)23)26-21(28)16-3-6-18(7-4-16)30-22-20(24-8-9-25-22)27-10-12-29-13-11-27/h2-9,14H,10-13H2,1H3,(H,26,28). The van der Waals surface area contributed by atoms with Gasteiger partial charge >= 0.3 is 0 Å². The summed E-state index contributed by atoms with van der Waals surface area (Å²) in [6, 6.07) is 11.2. The maximum atomic E-state index is 13.7. The molecule has 7 nitrogen and oxygen atoms in total. The fourth-order valence-electron chi connectivity index (χ4n) is 3.04. The Labute approximate surface area is 173 Å². The van der Waals surface area contributed by atoms with E-state index in [-0.39, 0.29) is 11.7 Å². The molecule has 3 aromatic rings. The van der Waals surface area contributed by atoms with E-state index in [1.165, 1.54) is 6.07 Å². The van der Waals surface area contributed by atoms with Crippen LogP contribution in [0.15, 0.2) is 54.9 Å². The maximum Gasteiger partial charge on any atom is 0.263 e. The second kappa shape index (κ2) is 8.87. The average Bonchev–Trinajstić information content (AvgIpc) is 2.78. The number of benzene rings is 2. The Morgan fingerprint density at radius 1 is 1.10 bits per heavy atom. The van der Waals surface area contributed by atoms with Crippen LogP contribution in [0.3, 0.4) is 0 Å². The van der Waals surface area contributed by atoms with Gasteiger partial charge in [-0.25, -0.2) is 14.4 Å². The van der Waals surface area contributed by atoms with Crippen molar-refractivity contribution >= 4 is 17.4 Å². The lowest BCUT2D eigenvalue weighted by Gasteiger charge is -2.28. The average molecular weight is 408 g/mol. The number of hydrogen-bond acceptors (Lipinski definition) is 6. The van der Waals surface area contributed by atoms with Gasteiger partial charge in [0.2, 0.25) is 0 Å². The van der Waals surface area contributed by atoms with Crippen LogP contribution in [0.2, 0.25) is 0 Å². The summed E-state index contributed by atoms with van der Waals surface area (Å²) in [6.45, 7) is 4.36. The first-order valence-electron chi connectivity index (χ1n) is 9.59. The Morgan fingerprint density at radius 2 is 1.83 bits per heavy atom. The molecule has 1 aliphatic rings. The first-order chi connectivity index (χ1) is 14.6. The third-order valence-corrected chi connectivity index (χ3v) is 4.72. The molecule has 0 bridgehead atoms. The number of aryl methyl sites for hydroxylation is 1. The van der Waals surface area contributed by atoms with E-state index in [1.807, 2.05) is 0 Å². The lowest BCUT2D eigenvalue weighted by molar-refractivity contribution is 0.102. The van der Waals surface area contributed by atoms with Crippen LogP contribution in [0.5, 0.6) is 11.6 Å². The molecule has 0 spiro atoms. The van der Waals surface area contributed by atoms with Crippen LogP contribution in [0.4, 0.5) is 15.9 Å². The van der Waals surface area contributed by atoms with E-state index in [4.69, 9.17) is 9.47 Å². The van der Waals surface area contributed by atoms with Gasteiger partial charge in [-0.3, -0.25) is 4.79 Å². The molecule has 0 atom stereocenters. The number of amides is 1. The van der Waals surface area contributed by atoms with Crippen molar-refractivity contribution in [3.8, 4) is 11.6 Å². The highest BCUT2D eigenvalue weighted by Crippen LogP contribution is 2.28. The van der Waals surface area contributed by atoms with Gasteiger partial charge in [0.25, 0.3) is 11.8 Å². The fraction of sp³-hybridized carbons (Fsp3) is 0.227. The minimum atomic E-state index is -0.364. The zero-order valence-electron chi connectivity index (χ0n) is 16.5. The van der Waals surface area contributed by atoms with Crippen molar-refractivity contribution in [1.29, 1.82) is 0 Å². The van der Waals surface area contributed by atoms with Crippen LogP contribution in [-0.2, 0) is 4.74 Å². The number of rotatable bonds is 5. The number of anilines is 2. The van der Waals surface area contributed by atoms with Crippen LogP contribution >= 0.6 is 0 Å². The molecule has 1 aromatic heterocycles. The SMILES string of the molecule is Cc1ccc(NC(=O)c2ccc(Oc3nccnc3N3CCOCC3)cc2)cc1F. The third kappa shape index (κ3) is 4.55. The largest absolute Gasteiger partial charge is 0.436 e. The molecule has 0 unspecified atom stereocenters. The highest BCUT2D eigenvalue weighted by atomic mass is 19.1. The van der Waals surface area contributed by atoms with Crippen LogP contribution in [0, 0.1) is 12.7 Å². The molecule has 1 saturated heterocycles. The summed E-state index contributed by atoms with van der Waals surface area (Å²) < 4.78 is 25.0. The van der Waals surface area contributed by atoms with E-state index in [9.17, 15) is 9.18 Å². The summed E-state index contributed by atoms with van der Waals surface area (Å²) in [7, 11) is 0. The Morgan fingerprint density at radius 3 is 2.57 bits per heavy atom. The zero-order valence-corrected chi connectivity index (χ0v) is 16.5. The van der Waals surface area contributed by atoms with Gasteiger partial charge in [0, 0.05) is 36.7 Å². The van der Waals surface area contributed by atoms with Crippen molar-refractivity contribution in [2.45, 2.75) is 6.92 Å². The van der Waals surface area contributed by atoms with E-state index in [2.05, 4.69) is 20.2 Å². The Bertz CT molecular complexity index is 1040. The van der Waals surface area contributed by atoms with Gasteiger partial charge in [0.15, 0.2) is 5.82 Å². The van der Waals surface area contributed by atoms with Gasteiger partial charge in [-0.1, -0.05) is 6.07 Å². The molecule has 0 saturated carbocycles. The van der Waals surface area contributed by atoms with Crippen LogP contribution in [-0.4, -0.2) is 42.2 Å². The summed E-state index contributed by atoms with van der Waals surface area (Å²) in [5, 5.41) is 2.69. The number of nitrogens with zero attached hydrogens (tertiary/aromatic N) is 3. The van der Waals surface area contributed by atoms with E-state index in [0.29, 0.717) is 60.6 Å². The van der Waals surface area contributed by atoms with E-state index in [1.54, 1.807) is 55.7 Å². The van der Waals surface area contributed by atoms with Gasteiger partial charge in [0.05, 0.1) is 13.2 Å². The molecule has 1 amide bonds. The lowest BCUT2D eigenvalue weighted by atomic mass is 10.2. The quantitative estimate of drug-likeness (QED) is 0.692. The topological polar surface area (TPSA) is 76.6 Å². The lowest BCUT2D eigenvalue weighted by Crippen LogP contribution is -2.37. The normalized spacial score (nSPS) is 13.7. The number of ether oxygens (including phenoxy) is 2. The Kier molecular flexibility index (Phi) is 5.85. The summed E-state index contributed by atoms with van der Waals surface area (Å²) in [4.78, 5) is 23.2. The minimum absolute atomic E-state index is 0.335. The summed E-state index contributed by atoms with van der Waals surface area (Å²) in [6.07, 6.45) is 3.20. The molecule has 0 aliphatic carbocycles. The van der Waals surface area contributed by atoms with Gasteiger partial charge in [-0.15, -0.1) is 0 Å². The molecule has 1 aliphatic heterocycles. The van der Waals surface area contributed by atoms with Gasteiger partial charge in [-0.2, -0.15) is 0 Å². The number of halogens is 1. The second-order valence-electron chi connectivity index (χ2n) is 6.83. The molecule has 8 heteroatoms. The van der Waals surface area contributed by atoms with E-state index in [0.717, 1.165) is 0 Å². The molecule has 30 heavy (non-hydrogen) atoms. The molecule has 1 fully saturated rings. The monoisotopic (exact) mass is 408 g/mol. The summed E-state index contributed by atoms with van der Waals surface area (Å²) >= 11 is 0. The molecular formula is C22H21FN4O3. The molecule has 2 heterocycles. The van der Waals surface area contributed by atoms with Gasteiger partial charge in [-0.05, 0) is 48.9 Å². The van der Waals surface area contributed by atoms with Gasteiger partial charge < -0.3 is 19.7 Å². The minimum Gasteiger partial charge on any atom is -0.436 e. The number of hydrogen-bond donors (Lipinski definition) is 1. The van der Waals surface area contributed by atoms with Crippen molar-refractivity contribution in [2.75, 3.05) is 36.5 Å². The first kappa shape index (κ1) is 19.8. The third-order valence-electron chi connectivity index (χ3n) is 4.72. The second-order valence-corrected chi connectivity index (χ2v) is 6.83. The highest BCUT2D eigenvalue weighted by molar-refractivity contribution is 6.04. The Balaban J connectivity index is 1.45. The Hall–Kier alpha value is -3.52. The molecule has 4 rings (SSSR count). The van der Waals surface area contributed by atoms with Crippen LogP contribution in [0.1, 0.15) is 15.9 Å². The molecule has 0 radical (unpaired) electrons. The number of carbonyl (C=O) groups excluding carboxylic acids is 1. The number of nitrogens with one attached hydrogen (secondary N) is 1. The number of carbonyl (C=O) groups is 1. The van der Waals surface area contributed by atoms with Crippen molar-refractivity contribution in [2.24, 2.45) is 0 Å². The smallest absolute Gasteiger partial charge is 0.263 e. The maximum absolute atomic E-state index is 13.7. The molecule has 154 valence electrons. The van der Waals surface area contributed by atoms with E-state index >= 15 is 0 Å². The fourth-order valence-corrected chi connectivity index (χ4v) is 3.04. The van der Waals surface area contributed by atoms with Crippen molar-refractivity contribution in [3.05, 3.63) is 71.8 Å².